The number of thiophene rings is 1. The Morgan fingerprint density at radius 2 is 0.770 bits per heavy atom. The molecule has 2 aromatic heterocycles. The van der Waals surface area contributed by atoms with Crippen molar-refractivity contribution in [3.8, 4) is 44.5 Å². The zero-order valence-corrected chi connectivity index (χ0v) is 33.9. The third kappa shape index (κ3) is 6.09. The van der Waals surface area contributed by atoms with Crippen LogP contribution in [0, 0.1) is 0 Å². The van der Waals surface area contributed by atoms with Gasteiger partial charge in [0, 0.05) is 42.3 Å². The summed E-state index contributed by atoms with van der Waals surface area (Å²) >= 11 is 1.85. The van der Waals surface area contributed by atoms with Gasteiger partial charge in [0.2, 0.25) is 0 Å². The molecule has 0 bridgehead atoms. The Hall–Kier alpha value is -7.72. The summed E-state index contributed by atoms with van der Waals surface area (Å²) in [6, 6.07) is 81.0. The SMILES string of the molecule is c1ccc(-c2ccc(-c3ccc(N(c4ccc(-c5ccc(-c6ccccc6)cc5)cc4)c4c5ccccc5cc5oc6ccc7c8ccccc8sc7c6c45)cc3)cc2)cc1. The molecule has 0 fully saturated rings. The van der Waals surface area contributed by atoms with Gasteiger partial charge in [-0.05, 0) is 98.4 Å². The summed E-state index contributed by atoms with van der Waals surface area (Å²) in [4.78, 5) is 2.44. The van der Waals surface area contributed by atoms with Crippen molar-refractivity contribution in [1.82, 2.24) is 0 Å². The standard InChI is InChI=1S/C58H37NOS/c1-3-11-38(12-4-1)40-19-23-42(24-20-40)44-27-31-47(32-28-44)59(48-33-29-45(30-34-48)43-25-21-41(22-26-43)39-13-5-2-6-14-39)57-49-16-8-7-15-46(49)37-53-55(57)56-52(60-53)36-35-51-50-17-9-10-18-54(50)61-58(51)56/h1-37H. The first-order valence-electron chi connectivity index (χ1n) is 20.7. The van der Waals surface area contributed by atoms with Crippen LogP contribution in [-0.4, -0.2) is 0 Å². The molecule has 0 unspecified atom stereocenters. The maximum atomic E-state index is 6.84. The zero-order chi connectivity index (χ0) is 40.3. The first-order chi connectivity index (χ1) is 30.2. The Morgan fingerprint density at radius 3 is 1.31 bits per heavy atom. The maximum absolute atomic E-state index is 6.84. The zero-order valence-electron chi connectivity index (χ0n) is 33.1. The fraction of sp³-hybridized carbons (Fsp3) is 0. The third-order valence-electron chi connectivity index (χ3n) is 12.1. The summed E-state index contributed by atoms with van der Waals surface area (Å²) < 4.78 is 9.37. The van der Waals surface area contributed by atoms with Gasteiger partial charge < -0.3 is 9.32 Å². The minimum absolute atomic E-state index is 0.879. The minimum atomic E-state index is 0.879. The van der Waals surface area contributed by atoms with Gasteiger partial charge in [0.05, 0.1) is 11.1 Å². The van der Waals surface area contributed by atoms with E-state index < -0.39 is 0 Å². The summed E-state index contributed by atoms with van der Waals surface area (Å²) in [6.07, 6.45) is 0. The molecule has 12 rings (SSSR count). The lowest BCUT2D eigenvalue weighted by molar-refractivity contribution is 0.670. The highest BCUT2D eigenvalue weighted by Gasteiger charge is 2.25. The van der Waals surface area contributed by atoms with Crippen molar-refractivity contribution in [3.63, 3.8) is 0 Å². The van der Waals surface area contributed by atoms with Crippen molar-refractivity contribution >= 4 is 81.3 Å². The molecule has 0 N–H and O–H groups in total. The van der Waals surface area contributed by atoms with Gasteiger partial charge in [-0.15, -0.1) is 11.3 Å². The van der Waals surface area contributed by atoms with Crippen LogP contribution >= 0.6 is 11.3 Å². The highest BCUT2D eigenvalue weighted by atomic mass is 32.1. The van der Waals surface area contributed by atoms with Crippen molar-refractivity contribution in [3.05, 3.63) is 224 Å². The highest BCUT2D eigenvalue weighted by Crippen LogP contribution is 2.50. The maximum Gasteiger partial charge on any atom is 0.138 e. The van der Waals surface area contributed by atoms with Crippen molar-refractivity contribution in [2.45, 2.75) is 0 Å². The molecular weight excluding hydrogens is 759 g/mol. The number of hydrogen-bond donors (Lipinski definition) is 0. The van der Waals surface area contributed by atoms with E-state index in [9.17, 15) is 0 Å². The molecule has 0 aliphatic rings. The Balaban J connectivity index is 1.04. The number of fused-ring (bicyclic) bond motifs is 8. The van der Waals surface area contributed by atoms with E-state index in [1.165, 1.54) is 64.7 Å². The second kappa shape index (κ2) is 14.5. The van der Waals surface area contributed by atoms with Crippen LogP contribution in [-0.2, 0) is 0 Å². The summed E-state index contributed by atoms with van der Waals surface area (Å²) in [5.41, 5.74) is 14.6. The molecule has 0 spiro atoms. The molecular formula is C58H37NOS. The van der Waals surface area contributed by atoms with E-state index in [4.69, 9.17) is 4.42 Å². The first-order valence-corrected chi connectivity index (χ1v) is 21.6. The Bertz CT molecular complexity index is 3400. The molecule has 0 aliphatic carbocycles. The predicted molar refractivity (Wildman–Crippen MR) is 261 cm³/mol. The molecule has 0 atom stereocenters. The fourth-order valence-corrected chi connectivity index (χ4v) is 10.3. The Labute approximate surface area is 357 Å². The molecule has 3 heteroatoms. The smallest absolute Gasteiger partial charge is 0.138 e. The first kappa shape index (κ1) is 35.2. The third-order valence-corrected chi connectivity index (χ3v) is 13.3. The molecule has 61 heavy (non-hydrogen) atoms. The van der Waals surface area contributed by atoms with Crippen molar-refractivity contribution in [2.75, 3.05) is 4.90 Å². The van der Waals surface area contributed by atoms with Crippen LogP contribution in [0.15, 0.2) is 229 Å². The van der Waals surface area contributed by atoms with Crippen LogP contribution in [0.3, 0.4) is 0 Å². The average molecular weight is 796 g/mol. The van der Waals surface area contributed by atoms with E-state index in [0.717, 1.165) is 49.8 Å². The monoisotopic (exact) mass is 795 g/mol. The normalized spacial score (nSPS) is 11.6. The lowest BCUT2D eigenvalue weighted by atomic mass is 9.98. The van der Waals surface area contributed by atoms with Crippen LogP contribution in [0.5, 0.6) is 0 Å². The van der Waals surface area contributed by atoms with Gasteiger partial charge in [-0.25, -0.2) is 0 Å². The molecule has 12 aromatic rings. The summed E-state index contributed by atoms with van der Waals surface area (Å²) in [5, 5.41) is 7.10. The van der Waals surface area contributed by atoms with Crippen LogP contribution in [0.1, 0.15) is 0 Å². The van der Waals surface area contributed by atoms with Gasteiger partial charge in [0.25, 0.3) is 0 Å². The number of anilines is 3. The molecule has 0 amide bonds. The molecule has 10 aromatic carbocycles. The van der Waals surface area contributed by atoms with Crippen LogP contribution in [0.4, 0.5) is 17.1 Å². The summed E-state index contributed by atoms with van der Waals surface area (Å²) in [5.74, 6) is 0. The van der Waals surface area contributed by atoms with E-state index in [1.54, 1.807) is 0 Å². The molecule has 0 saturated heterocycles. The fourth-order valence-electron chi connectivity index (χ4n) is 9.05. The summed E-state index contributed by atoms with van der Waals surface area (Å²) in [6.45, 7) is 0. The number of benzene rings is 10. The van der Waals surface area contributed by atoms with Crippen molar-refractivity contribution < 1.29 is 4.42 Å². The number of hydrogen-bond acceptors (Lipinski definition) is 3. The number of nitrogens with zero attached hydrogens (tertiary/aromatic N) is 1. The van der Waals surface area contributed by atoms with E-state index in [-0.39, 0.29) is 0 Å². The summed E-state index contributed by atoms with van der Waals surface area (Å²) in [7, 11) is 0. The molecule has 2 heterocycles. The van der Waals surface area contributed by atoms with E-state index in [2.05, 4.69) is 229 Å². The van der Waals surface area contributed by atoms with Crippen LogP contribution < -0.4 is 4.90 Å². The van der Waals surface area contributed by atoms with Gasteiger partial charge in [-0.1, -0.05) is 176 Å². The van der Waals surface area contributed by atoms with Gasteiger partial charge in [-0.2, -0.15) is 0 Å². The van der Waals surface area contributed by atoms with E-state index in [0.29, 0.717) is 0 Å². The molecule has 2 nitrogen and oxygen atoms in total. The number of furan rings is 1. The van der Waals surface area contributed by atoms with Crippen LogP contribution in [0.2, 0.25) is 0 Å². The van der Waals surface area contributed by atoms with Crippen molar-refractivity contribution in [2.24, 2.45) is 0 Å². The second-order valence-electron chi connectivity index (χ2n) is 15.7. The predicted octanol–water partition coefficient (Wildman–Crippen LogP) is 17.2. The van der Waals surface area contributed by atoms with E-state index in [1.807, 2.05) is 11.3 Å². The molecule has 0 radical (unpaired) electrons. The van der Waals surface area contributed by atoms with E-state index >= 15 is 0 Å². The van der Waals surface area contributed by atoms with Gasteiger partial charge in [-0.3, -0.25) is 0 Å². The largest absolute Gasteiger partial charge is 0.456 e. The van der Waals surface area contributed by atoms with Gasteiger partial charge in [0.1, 0.15) is 11.2 Å². The Morgan fingerprint density at radius 1 is 0.328 bits per heavy atom. The van der Waals surface area contributed by atoms with Crippen molar-refractivity contribution in [1.29, 1.82) is 0 Å². The highest BCUT2D eigenvalue weighted by molar-refractivity contribution is 7.26. The van der Waals surface area contributed by atoms with Gasteiger partial charge in [0.15, 0.2) is 0 Å². The quantitative estimate of drug-likeness (QED) is 0.160. The molecule has 0 aliphatic heterocycles. The van der Waals surface area contributed by atoms with Gasteiger partial charge >= 0.3 is 0 Å². The molecule has 0 saturated carbocycles. The number of rotatable bonds is 7. The second-order valence-corrected chi connectivity index (χ2v) is 16.7. The molecule has 286 valence electrons. The van der Waals surface area contributed by atoms with Crippen LogP contribution in [0.25, 0.3) is 97.4 Å². The minimum Gasteiger partial charge on any atom is -0.456 e. The average Bonchev–Trinajstić information content (AvgIpc) is 3.91. The topological polar surface area (TPSA) is 16.4 Å². The lowest BCUT2D eigenvalue weighted by Gasteiger charge is -2.28. The Kier molecular flexibility index (Phi) is 8.39. The lowest BCUT2D eigenvalue weighted by Crippen LogP contribution is -2.11.